The van der Waals surface area contributed by atoms with E-state index in [1.54, 1.807) is 84.9 Å². The standard InChI is InChI=1S/C34H34O8/c1-39-31-19-23(13-15-29(31)35)17-27(21-41-33(37)25-9-5-3-6-10-25)28(18-24-14-16-30(36)32(20-24)40-2)22-42-34(38)26-11-7-4-8-12-26/h3-16,19-20,27-28,35-36H,17-18,21-22H2,1-2H3. The van der Waals surface area contributed by atoms with Crippen LogP contribution in [-0.4, -0.2) is 49.6 Å². The van der Waals surface area contributed by atoms with Crippen molar-refractivity contribution in [1.82, 2.24) is 0 Å². The van der Waals surface area contributed by atoms with E-state index in [1.807, 2.05) is 12.1 Å². The molecule has 2 unspecified atom stereocenters. The number of methoxy groups -OCH3 is 2. The molecule has 0 saturated heterocycles. The average molecular weight is 571 g/mol. The fourth-order valence-corrected chi connectivity index (χ4v) is 4.71. The van der Waals surface area contributed by atoms with Crippen LogP contribution in [-0.2, 0) is 22.3 Å². The minimum absolute atomic E-state index is 0.0119. The third kappa shape index (κ3) is 8.04. The highest BCUT2D eigenvalue weighted by Gasteiger charge is 2.27. The lowest BCUT2D eigenvalue weighted by molar-refractivity contribution is 0.0221. The van der Waals surface area contributed by atoms with E-state index >= 15 is 0 Å². The van der Waals surface area contributed by atoms with Crippen LogP contribution in [0.5, 0.6) is 23.0 Å². The lowest BCUT2D eigenvalue weighted by atomic mass is 9.83. The zero-order valence-corrected chi connectivity index (χ0v) is 23.6. The zero-order valence-electron chi connectivity index (χ0n) is 23.6. The molecule has 0 heterocycles. The molecule has 4 aromatic carbocycles. The number of carbonyl (C=O) groups is 2. The Morgan fingerprint density at radius 1 is 0.595 bits per heavy atom. The van der Waals surface area contributed by atoms with Gasteiger partial charge in [-0.1, -0.05) is 48.5 Å². The molecule has 218 valence electrons. The van der Waals surface area contributed by atoms with Crippen molar-refractivity contribution in [2.45, 2.75) is 12.8 Å². The van der Waals surface area contributed by atoms with Crippen molar-refractivity contribution in [2.75, 3.05) is 27.4 Å². The molecule has 4 rings (SSSR count). The van der Waals surface area contributed by atoms with Crippen LogP contribution in [0.15, 0.2) is 97.1 Å². The summed E-state index contributed by atoms with van der Waals surface area (Å²) in [6.07, 6.45) is 0.864. The molecule has 0 aromatic heterocycles. The lowest BCUT2D eigenvalue weighted by Gasteiger charge is -2.27. The van der Waals surface area contributed by atoms with Gasteiger partial charge in [0.15, 0.2) is 23.0 Å². The second kappa shape index (κ2) is 14.6. The number of phenolic OH excluding ortho intramolecular Hbond substituents is 2. The Kier molecular flexibility index (Phi) is 10.4. The molecular weight excluding hydrogens is 536 g/mol. The van der Waals surface area contributed by atoms with E-state index in [4.69, 9.17) is 18.9 Å². The SMILES string of the molecule is COc1cc(CC(COC(=O)c2ccccc2)C(COC(=O)c2ccccc2)Cc2ccc(O)c(OC)c2)ccc1O. The first kappa shape index (κ1) is 30.0. The zero-order chi connectivity index (χ0) is 29.9. The Morgan fingerprint density at radius 3 is 1.33 bits per heavy atom. The summed E-state index contributed by atoms with van der Waals surface area (Å²) in [6, 6.07) is 27.6. The quantitative estimate of drug-likeness (QED) is 0.193. The fraction of sp³-hybridized carbons (Fsp3) is 0.235. The number of ether oxygens (including phenoxy) is 4. The number of benzene rings is 4. The van der Waals surface area contributed by atoms with Crippen LogP contribution in [0.3, 0.4) is 0 Å². The molecule has 0 aliphatic carbocycles. The number of esters is 2. The first-order chi connectivity index (χ1) is 20.4. The molecule has 0 aliphatic rings. The summed E-state index contributed by atoms with van der Waals surface area (Å²) in [6.45, 7) is 0.0827. The molecule has 0 saturated carbocycles. The average Bonchev–Trinajstić information content (AvgIpc) is 3.03. The maximum absolute atomic E-state index is 12.9. The normalized spacial score (nSPS) is 12.1. The van der Waals surface area contributed by atoms with Gasteiger partial charge in [-0.15, -0.1) is 0 Å². The monoisotopic (exact) mass is 570 g/mol. The summed E-state index contributed by atoms with van der Waals surface area (Å²) in [5, 5.41) is 20.2. The van der Waals surface area contributed by atoms with Crippen molar-refractivity contribution in [3.05, 3.63) is 119 Å². The molecule has 2 N–H and O–H groups in total. The smallest absolute Gasteiger partial charge is 0.338 e. The lowest BCUT2D eigenvalue weighted by Crippen LogP contribution is -2.30. The van der Waals surface area contributed by atoms with Gasteiger partial charge in [0.25, 0.3) is 0 Å². The molecule has 0 aliphatic heterocycles. The van der Waals surface area contributed by atoms with Crippen LogP contribution in [0.1, 0.15) is 31.8 Å². The highest BCUT2D eigenvalue weighted by Crippen LogP contribution is 2.32. The minimum Gasteiger partial charge on any atom is -0.504 e. The highest BCUT2D eigenvalue weighted by atomic mass is 16.5. The Hall–Kier alpha value is -4.98. The predicted octanol–water partition coefficient (Wildman–Crippen LogP) is 5.85. The van der Waals surface area contributed by atoms with E-state index in [0.717, 1.165) is 11.1 Å². The van der Waals surface area contributed by atoms with Crippen molar-refractivity contribution in [3.63, 3.8) is 0 Å². The predicted molar refractivity (Wildman–Crippen MR) is 157 cm³/mol. The van der Waals surface area contributed by atoms with Crippen LogP contribution >= 0.6 is 0 Å². The molecular formula is C34H34O8. The topological polar surface area (TPSA) is 112 Å². The van der Waals surface area contributed by atoms with E-state index in [9.17, 15) is 19.8 Å². The molecule has 0 fully saturated rings. The Balaban J connectivity index is 1.64. The molecule has 8 heteroatoms. The van der Waals surface area contributed by atoms with Crippen molar-refractivity contribution in [2.24, 2.45) is 11.8 Å². The molecule has 4 aromatic rings. The maximum atomic E-state index is 12.9. The van der Waals surface area contributed by atoms with Gasteiger partial charge in [0.2, 0.25) is 0 Å². The summed E-state index contributed by atoms with van der Waals surface area (Å²) in [7, 11) is 2.95. The van der Waals surface area contributed by atoms with Crippen LogP contribution in [0.25, 0.3) is 0 Å². The van der Waals surface area contributed by atoms with Crippen LogP contribution < -0.4 is 9.47 Å². The second-order valence-electron chi connectivity index (χ2n) is 9.87. The summed E-state index contributed by atoms with van der Waals surface area (Å²) in [5.74, 6) is -0.877. The van der Waals surface area contributed by atoms with E-state index in [2.05, 4.69) is 0 Å². The van der Waals surface area contributed by atoms with E-state index < -0.39 is 11.9 Å². The van der Waals surface area contributed by atoms with Gasteiger partial charge in [-0.2, -0.15) is 0 Å². The van der Waals surface area contributed by atoms with Crippen molar-refractivity contribution >= 4 is 11.9 Å². The van der Waals surface area contributed by atoms with Crippen LogP contribution in [0.4, 0.5) is 0 Å². The summed E-state index contributed by atoms with van der Waals surface area (Å²) in [5.41, 5.74) is 2.54. The highest BCUT2D eigenvalue weighted by molar-refractivity contribution is 5.89. The van der Waals surface area contributed by atoms with Crippen LogP contribution in [0, 0.1) is 11.8 Å². The second-order valence-corrected chi connectivity index (χ2v) is 9.87. The number of phenols is 2. The molecule has 0 amide bonds. The Morgan fingerprint density at radius 2 is 0.976 bits per heavy atom. The largest absolute Gasteiger partial charge is 0.504 e. The van der Waals surface area contributed by atoms with Gasteiger partial charge in [-0.3, -0.25) is 0 Å². The molecule has 0 radical (unpaired) electrons. The summed E-state index contributed by atoms with van der Waals surface area (Å²) >= 11 is 0. The third-order valence-corrected chi connectivity index (χ3v) is 7.03. The molecule has 0 spiro atoms. The first-order valence-corrected chi connectivity index (χ1v) is 13.5. The van der Waals surface area contributed by atoms with Gasteiger partial charge < -0.3 is 29.2 Å². The van der Waals surface area contributed by atoms with Gasteiger partial charge in [0, 0.05) is 11.8 Å². The van der Waals surface area contributed by atoms with Crippen molar-refractivity contribution in [1.29, 1.82) is 0 Å². The minimum atomic E-state index is -0.463. The number of hydrogen-bond acceptors (Lipinski definition) is 8. The number of carbonyl (C=O) groups excluding carboxylic acids is 2. The molecule has 42 heavy (non-hydrogen) atoms. The number of hydrogen-bond donors (Lipinski definition) is 2. The number of rotatable bonds is 13. The van der Waals surface area contributed by atoms with Gasteiger partial charge in [0.1, 0.15) is 0 Å². The molecule has 0 bridgehead atoms. The fourth-order valence-electron chi connectivity index (χ4n) is 4.71. The van der Waals surface area contributed by atoms with E-state index in [0.29, 0.717) is 35.5 Å². The van der Waals surface area contributed by atoms with Gasteiger partial charge in [-0.25, -0.2) is 9.59 Å². The van der Waals surface area contributed by atoms with Crippen molar-refractivity contribution < 1.29 is 38.7 Å². The third-order valence-electron chi connectivity index (χ3n) is 7.03. The van der Waals surface area contributed by atoms with Crippen molar-refractivity contribution in [3.8, 4) is 23.0 Å². The van der Waals surface area contributed by atoms with Gasteiger partial charge in [0.05, 0.1) is 38.6 Å². The molecule has 8 nitrogen and oxygen atoms in total. The first-order valence-electron chi connectivity index (χ1n) is 13.5. The summed E-state index contributed by atoms with van der Waals surface area (Å²) in [4.78, 5) is 25.8. The van der Waals surface area contributed by atoms with Gasteiger partial charge in [-0.05, 0) is 72.5 Å². The maximum Gasteiger partial charge on any atom is 0.338 e. The Labute approximate surface area is 245 Å². The molecule has 2 atom stereocenters. The van der Waals surface area contributed by atoms with E-state index in [1.165, 1.54) is 14.2 Å². The van der Waals surface area contributed by atoms with Crippen LogP contribution in [0.2, 0.25) is 0 Å². The van der Waals surface area contributed by atoms with E-state index in [-0.39, 0.29) is 36.5 Å². The van der Waals surface area contributed by atoms with Gasteiger partial charge >= 0.3 is 11.9 Å². The number of aromatic hydroxyl groups is 2. The summed E-state index contributed by atoms with van der Waals surface area (Å²) < 4.78 is 22.2. The Bertz CT molecular complexity index is 1360.